The number of rotatable bonds is 5. The maximum atomic E-state index is 12.9. The summed E-state index contributed by atoms with van der Waals surface area (Å²) < 4.78 is 38.7. The number of likely N-dealkylation sites (tertiary alicyclic amines) is 1. The molecule has 0 bridgehead atoms. The highest BCUT2D eigenvalue weighted by Crippen LogP contribution is 2.30. The molecule has 0 aromatic heterocycles. The molecule has 0 atom stereocenters. The molecule has 1 heterocycles. The molecule has 1 aliphatic carbocycles. The summed E-state index contributed by atoms with van der Waals surface area (Å²) in [6, 6.07) is 4.88. The molecule has 1 aromatic carbocycles. The van der Waals surface area contributed by atoms with Crippen molar-refractivity contribution in [2.24, 2.45) is 0 Å². The van der Waals surface area contributed by atoms with Crippen LogP contribution in [-0.4, -0.2) is 47.3 Å². The Kier molecular flexibility index (Phi) is 6.07. The lowest BCUT2D eigenvalue weighted by molar-refractivity contribution is -0.141. The van der Waals surface area contributed by atoms with Gasteiger partial charge in [-0.05, 0) is 37.3 Å². The highest BCUT2D eigenvalue weighted by Gasteiger charge is 2.32. The Morgan fingerprint density at radius 2 is 1.74 bits per heavy atom. The van der Waals surface area contributed by atoms with Gasteiger partial charge < -0.3 is 9.80 Å². The number of alkyl halides is 3. The topological polar surface area (TPSA) is 40.6 Å². The Balaban J connectivity index is 1.71. The summed E-state index contributed by atoms with van der Waals surface area (Å²) in [5, 5.41) is 0. The minimum absolute atomic E-state index is 0.00912. The lowest BCUT2D eigenvalue weighted by Crippen LogP contribution is -2.46. The summed E-state index contributed by atoms with van der Waals surface area (Å²) >= 11 is 0. The molecule has 1 saturated carbocycles. The molecule has 7 heteroatoms. The summed E-state index contributed by atoms with van der Waals surface area (Å²) in [7, 11) is 0. The van der Waals surface area contributed by atoms with E-state index in [0.717, 1.165) is 63.7 Å². The van der Waals surface area contributed by atoms with Crippen LogP contribution >= 0.6 is 0 Å². The van der Waals surface area contributed by atoms with Crippen molar-refractivity contribution in [1.82, 2.24) is 9.80 Å². The molecular formula is C20H25F3N2O2. The third kappa shape index (κ3) is 5.02. The molecule has 2 aliphatic rings. The van der Waals surface area contributed by atoms with Crippen molar-refractivity contribution in [3.8, 4) is 0 Å². The Bertz CT molecular complexity index is 678. The molecule has 1 aliphatic heterocycles. The maximum Gasteiger partial charge on any atom is 0.416 e. The van der Waals surface area contributed by atoms with Crippen LogP contribution in [0.15, 0.2) is 24.3 Å². The molecule has 0 spiro atoms. The average molecular weight is 382 g/mol. The molecule has 0 unspecified atom stereocenters. The molecule has 148 valence electrons. The highest BCUT2D eigenvalue weighted by atomic mass is 19.4. The zero-order valence-electron chi connectivity index (χ0n) is 15.3. The van der Waals surface area contributed by atoms with Gasteiger partial charge in [0.1, 0.15) is 6.54 Å². The van der Waals surface area contributed by atoms with Crippen LogP contribution in [-0.2, 0) is 22.2 Å². The van der Waals surface area contributed by atoms with Crippen molar-refractivity contribution < 1.29 is 22.8 Å². The van der Waals surface area contributed by atoms with Gasteiger partial charge in [-0.3, -0.25) is 9.59 Å². The first-order chi connectivity index (χ1) is 12.8. The van der Waals surface area contributed by atoms with Crippen LogP contribution in [0.2, 0.25) is 0 Å². The number of halogens is 3. The Labute approximate surface area is 157 Å². The molecule has 27 heavy (non-hydrogen) atoms. The van der Waals surface area contributed by atoms with Crippen molar-refractivity contribution in [2.45, 2.75) is 57.2 Å². The van der Waals surface area contributed by atoms with Crippen molar-refractivity contribution in [2.75, 3.05) is 19.6 Å². The van der Waals surface area contributed by atoms with Gasteiger partial charge >= 0.3 is 6.18 Å². The summed E-state index contributed by atoms with van der Waals surface area (Å²) in [5.74, 6) is -0.328. The third-order valence-corrected chi connectivity index (χ3v) is 5.46. The number of amides is 2. The molecule has 4 nitrogen and oxygen atoms in total. The van der Waals surface area contributed by atoms with E-state index in [-0.39, 0.29) is 30.8 Å². The lowest BCUT2D eigenvalue weighted by atomic mass is 10.1. The Morgan fingerprint density at radius 3 is 2.37 bits per heavy atom. The first-order valence-electron chi connectivity index (χ1n) is 9.58. The zero-order chi connectivity index (χ0) is 19.4. The minimum atomic E-state index is -4.43. The van der Waals surface area contributed by atoms with Gasteiger partial charge in [0.2, 0.25) is 11.8 Å². The van der Waals surface area contributed by atoms with Crippen LogP contribution in [0.3, 0.4) is 0 Å². The van der Waals surface area contributed by atoms with Gasteiger partial charge in [0, 0.05) is 19.1 Å². The van der Waals surface area contributed by atoms with Gasteiger partial charge in [-0.15, -0.1) is 0 Å². The lowest BCUT2D eigenvalue weighted by Gasteiger charge is -2.30. The van der Waals surface area contributed by atoms with Crippen molar-refractivity contribution in [3.63, 3.8) is 0 Å². The van der Waals surface area contributed by atoms with Gasteiger partial charge in [-0.2, -0.15) is 13.2 Å². The Morgan fingerprint density at radius 1 is 1.07 bits per heavy atom. The van der Waals surface area contributed by atoms with Crippen LogP contribution in [0.5, 0.6) is 0 Å². The van der Waals surface area contributed by atoms with Crippen molar-refractivity contribution >= 4 is 11.8 Å². The number of carbonyl (C=O) groups excluding carboxylic acids is 2. The normalized spacial score (nSPS) is 18.1. The van der Waals surface area contributed by atoms with E-state index >= 15 is 0 Å². The molecule has 1 saturated heterocycles. The van der Waals surface area contributed by atoms with Gasteiger partial charge in [-0.1, -0.05) is 31.0 Å². The molecule has 1 aromatic rings. The highest BCUT2D eigenvalue weighted by molar-refractivity contribution is 5.86. The van der Waals surface area contributed by atoms with Gasteiger partial charge in [0.05, 0.1) is 12.0 Å². The van der Waals surface area contributed by atoms with Gasteiger partial charge in [0.25, 0.3) is 0 Å². The second-order valence-corrected chi connectivity index (χ2v) is 7.42. The fourth-order valence-corrected chi connectivity index (χ4v) is 3.98. The summed E-state index contributed by atoms with van der Waals surface area (Å²) in [5.41, 5.74) is -0.431. The van der Waals surface area contributed by atoms with Crippen molar-refractivity contribution in [1.29, 1.82) is 0 Å². The van der Waals surface area contributed by atoms with E-state index in [1.54, 1.807) is 9.80 Å². The van der Waals surface area contributed by atoms with E-state index < -0.39 is 11.7 Å². The first-order valence-corrected chi connectivity index (χ1v) is 9.58. The molecule has 0 radical (unpaired) electrons. The van der Waals surface area contributed by atoms with E-state index in [1.165, 1.54) is 12.1 Å². The fraction of sp³-hybridized carbons (Fsp3) is 0.600. The second-order valence-electron chi connectivity index (χ2n) is 7.42. The largest absolute Gasteiger partial charge is 0.416 e. The van der Waals surface area contributed by atoms with E-state index in [2.05, 4.69) is 0 Å². The molecule has 3 rings (SSSR count). The van der Waals surface area contributed by atoms with E-state index in [1.807, 2.05) is 0 Å². The fourth-order valence-electron chi connectivity index (χ4n) is 3.98. The minimum Gasteiger partial charge on any atom is -0.341 e. The summed E-state index contributed by atoms with van der Waals surface area (Å²) in [4.78, 5) is 28.8. The summed E-state index contributed by atoms with van der Waals surface area (Å²) in [6.07, 6.45) is 1.12. The second kappa shape index (κ2) is 8.31. The van der Waals surface area contributed by atoms with Crippen LogP contribution in [0.4, 0.5) is 13.2 Å². The smallest absolute Gasteiger partial charge is 0.341 e. The van der Waals surface area contributed by atoms with Gasteiger partial charge in [0.15, 0.2) is 0 Å². The molecule has 0 N–H and O–H groups in total. The van der Waals surface area contributed by atoms with Crippen LogP contribution in [0.25, 0.3) is 0 Å². The summed E-state index contributed by atoms with van der Waals surface area (Å²) in [6.45, 7) is 1.47. The number of carbonyl (C=O) groups is 2. The standard InChI is InChI=1S/C20H25F3N2O2/c21-20(22,23)16-7-5-6-15(12-16)13-18(26)25(17-8-1-2-9-17)14-19(27)24-10-3-4-11-24/h5-7,12,17H,1-4,8-11,13-14H2. The molecular weight excluding hydrogens is 357 g/mol. The third-order valence-electron chi connectivity index (χ3n) is 5.46. The van der Waals surface area contributed by atoms with Crippen LogP contribution in [0.1, 0.15) is 49.7 Å². The SMILES string of the molecule is O=C(CN(C(=O)Cc1cccc(C(F)(F)F)c1)C1CCCC1)N1CCCC1. The van der Waals surface area contributed by atoms with E-state index in [9.17, 15) is 22.8 Å². The Hall–Kier alpha value is -2.05. The molecule has 2 fully saturated rings. The number of benzene rings is 1. The first kappa shape index (κ1) is 19.7. The monoisotopic (exact) mass is 382 g/mol. The van der Waals surface area contributed by atoms with E-state index in [0.29, 0.717) is 5.56 Å². The number of nitrogens with zero attached hydrogens (tertiary/aromatic N) is 2. The van der Waals surface area contributed by atoms with Crippen molar-refractivity contribution in [3.05, 3.63) is 35.4 Å². The number of hydrogen-bond acceptors (Lipinski definition) is 2. The number of hydrogen-bond donors (Lipinski definition) is 0. The maximum absolute atomic E-state index is 12.9. The quantitative estimate of drug-likeness (QED) is 0.780. The zero-order valence-corrected chi connectivity index (χ0v) is 15.3. The predicted octanol–water partition coefficient (Wildman–Crippen LogP) is 3.64. The average Bonchev–Trinajstić information content (AvgIpc) is 3.32. The van der Waals surface area contributed by atoms with Crippen LogP contribution in [0, 0.1) is 0 Å². The predicted molar refractivity (Wildman–Crippen MR) is 94.9 cm³/mol. The van der Waals surface area contributed by atoms with Crippen LogP contribution < -0.4 is 0 Å². The van der Waals surface area contributed by atoms with E-state index in [4.69, 9.17) is 0 Å². The molecule has 2 amide bonds. The van der Waals surface area contributed by atoms with Gasteiger partial charge in [-0.25, -0.2) is 0 Å².